The van der Waals surface area contributed by atoms with Crippen molar-refractivity contribution in [1.82, 2.24) is 0 Å². The average Bonchev–Trinajstić information content (AvgIpc) is 2.94. The first-order valence-corrected chi connectivity index (χ1v) is 9.61. The van der Waals surface area contributed by atoms with E-state index in [9.17, 15) is 14.0 Å². The molecule has 0 fully saturated rings. The minimum Gasteiger partial charge on any atom is -0.268 e. The van der Waals surface area contributed by atoms with Gasteiger partial charge in [0.2, 0.25) is 0 Å². The SMILES string of the molecule is O=C1C(Sc2ccccc2)=C(c2ccc(Cl)cc2)C(=O)N1c1ccc(F)cc1. The van der Waals surface area contributed by atoms with Gasteiger partial charge in [-0.3, -0.25) is 9.59 Å². The van der Waals surface area contributed by atoms with Gasteiger partial charge in [0.15, 0.2) is 0 Å². The van der Waals surface area contributed by atoms with Crippen molar-refractivity contribution in [2.75, 3.05) is 4.90 Å². The highest BCUT2D eigenvalue weighted by Gasteiger charge is 2.40. The quantitative estimate of drug-likeness (QED) is 0.530. The zero-order valence-corrected chi connectivity index (χ0v) is 16.0. The number of hydrogen-bond donors (Lipinski definition) is 0. The summed E-state index contributed by atoms with van der Waals surface area (Å²) in [7, 11) is 0. The fourth-order valence-corrected chi connectivity index (χ4v) is 4.05. The Balaban J connectivity index is 1.81. The molecule has 0 spiro atoms. The van der Waals surface area contributed by atoms with Crippen LogP contribution in [0.2, 0.25) is 5.02 Å². The second-order valence-corrected chi connectivity index (χ2v) is 7.57. The summed E-state index contributed by atoms with van der Waals surface area (Å²) in [5.41, 5.74) is 1.23. The van der Waals surface area contributed by atoms with Gasteiger partial charge >= 0.3 is 0 Å². The number of benzene rings is 3. The van der Waals surface area contributed by atoms with E-state index in [1.807, 2.05) is 30.3 Å². The second kappa shape index (κ2) is 7.62. The number of carbonyl (C=O) groups is 2. The van der Waals surface area contributed by atoms with Crippen LogP contribution in [-0.4, -0.2) is 11.8 Å². The molecule has 0 aliphatic carbocycles. The number of nitrogens with zero attached hydrogens (tertiary/aromatic N) is 1. The average molecular weight is 410 g/mol. The van der Waals surface area contributed by atoms with Crippen LogP contribution in [0.3, 0.4) is 0 Å². The highest BCUT2D eigenvalue weighted by Crippen LogP contribution is 2.41. The molecule has 3 aromatic rings. The third-order valence-electron chi connectivity index (χ3n) is 4.22. The maximum absolute atomic E-state index is 13.3. The number of rotatable bonds is 4. The van der Waals surface area contributed by atoms with Gasteiger partial charge in [0.1, 0.15) is 5.82 Å². The highest BCUT2D eigenvalue weighted by atomic mass is 35.5. The standard InChI is InChI=1S/C22H13ClFNO2S/c23-15-8-6-14(7-9-15)19-20(28-18-4-2-1-3-5-18)22(27)25(21(19)26)17-12-10-16(24)11-13-17/h1-13H. The van der Waals surface area contributed by atoms with Crippen molar-refractivity contribution in [3.8, 4) is 0 Å². The van der Waals surface area contributed by atoms with Crippen LogP contribution in [0.25, 0.3) is 5.57 Å². The van der Waals surface area contributed by atoms with Gasteiger partial charge in [0.05, 0.1) is 16.2 Å². The lowest BCUT2D eigenvalue weighted by atomic mass is 10.1. The van der Waals surface area contributed by atoms with Gasteiger partial charge in [0, 0.05) is 9.92 Å². The Hall–Kier alpha value is -2.89. The predicted molar refractivity (Wildman–Crippen MR) is 110 cm³/mol. The van der Waals surface area contributed by atoms with Gasteiger partial charge in [0.25, 0.3) is 11.8 Å². The molecule has 3 aromatic carbocycles. The smallest absolute Gasteiger partial charge is 0.268 e. The lowest BCUT2D eigenvalue weighted by Gasteiger charge is -2.15. The van der Waals surface area contributed by atoms with Gasteiger partial charge in [-0.15, -0.1) is 0 Å². The summed E-state index contributed by atoms with van der Waals surface area (Å²) in [6.45, 7) is 0. The Morgan fingerprint density at radius 2 is 1.43 bits per heavy atom. The van der Waals surface area contributed by atoms with E-state index < -0.39 is 17.6 Å². The van der Waals surface area contributed by atoms with E-state index in [0.717, 1.165) is 9.80 Å². The molecular weight excluding hydrogens is 397 g/mol. The summed E-state index contributed by atoms with van der Waals surface area (Å²) < 4.78 is 13.3. The molecule has 0 aromatic heterocycles. The molecule has 1 aliphatic rings. The summed E-state index contributed by atoms with van der Waals surface area (Å²) >= 11 is 7.20. The number of imide groups is 1. The zero-order valence-electron chi connectivity index (χ0n) is 14.4. The van der Waals surface area contributed by atoms with E-state index in [0.29, 0.717) is 26.8 Å². The summed E-state index contributed by atoms with van der Waals surface area (Å²) in [6, 6.07) is 21.4. The normalized spacial score (nSPS) is 14.1. The topological polar surface area (TPSA) is 37.4 Å². The first-order valence-electron chi connectivity index (χ1n) is 8.42. The molecule has 0 saturated heterocycles. The van der Waals surface area contributed by atoms with Crippen LogP contribution in [0, 0.1) is 5.82 Å². The molecule has 0 bridgehead atoms. The third-order valence-corrected chi connectivity index (χ3v) is 5.56. The molecule has 4 rings (SSSR count). The van der Waals surface area contributed by atoms with Crippen LogP contribution >= 0.6 is 23.4 Å². The van der Waals surface area contributed by atoms with Crippen molar-refractivity contribution in [1.29, 1.82) is 0 Å². The molecule has 0 saturated carbocycles. The summed E-state index contributed by atoms with van der Waals surface area (Å²) in [6.07, 6.45) is 0. The Labute approximate surface area is 170 Å². The Kier molecular flexibility index (Phi) is 5.03. The van der Waals surface area contributed by atoms with Gasteiger partial charge in [-0.1, -0.05) is 53.7 Å². The minimum atomic E-state index is -0.447. The molecule has 2 amide bonds. The molecule has 6 heteroatoms. The second-order valence-electron chi connectivity index (χ2n) is 6.05. The molecule has 0 unspecified atom stereocenters. The zero-order chi connectivity index (χ0) is 19.7. The predicted octanol–water partition coefficient (Wildman–Crippen LogP) is 5.56. The molecule has 0 radical (unpaired) electrons. The number of thioether (sulfide) groups is 1. The Morgan fingerprint density at radius 3 is 2.07 bits per heavy atom. The molecule has 1 aliphatic heterocycles. The van der Waals surface area contributed by atoms with Crippen LogP contribution in [0.1, 0.15) is 5.56 Å². The fraction of sp³-hybridized carbons (Fsp3) is 0. The Bertz CT molecular complexity index is 1080. The molecule has 138 valence electrons. The third kappa shape index (κ3) is 3.46. The number of anilines is 1. The minimum absolute atomic E-state index is 0.305. The van der Waals surface area contributed by atoms with E-state index in [4.69, 9.17) is 11.6 Å². The van der Waals surface area contributed by atoms with Gasteiger partial charge in [-0.25, -0.2) is 9.29 Å². The number of carbonyl (C=O) groups excluding carboxylic acids is 2. The van der Waals surface area contributed by atoms with Crippen molar-refractivity contribution >= 4 is 46.4 Å². The Morgan fingerprint density at radius 1 is 0.786 bits per heavy atom. The van der Waals surface area contributed by atoms with E-state index in [1.54, 1.807) is 24.3 Å². The molecule has 1 heterocycles. The van der Waals surface area contributed by atoms with Crippen molar-refractivity contribution in [2.45, 2.75) is 4.90 Å². The molecule has 0 atom stereocenters. The van der Waals surface area contributed by atoms with E-state index in [-0.39, 0.29) is 0 Å². The van der Waals surface area contributed by atoms with Crippen LogP contribution in [0.4, 0.5) is 10.1 Å². The summed E-state index contributed by atoms with van der Waals surface area (Å²) in [5, 5.41) is 0.536. The summed E-state index contributed by atoms with van der Waals surface area (Å²) in [5.74, 6) is -1.32. The first kappa shape index (κ1) is 18.5. The van der Waals surface area contributed by atoms with E-state index in [1.165, 1.54) is 36.0 Å². The molecule has 0 N–H and O–H groups in total. The van der Waals surface area contributed by atoms with Crippen LogP contribution < -0.4 is 4.90 Å². The van der Waals surface area contributed by atoms with Crippen LogP contribution in [-0.2, 0) is 9.59 Å². The van der Waals surface area contributed by atoms with Crippen LogP contribution in [0.5, 0.6) is 0 Å². The number of halogens is 2. The molecular formula is C22H13ClFNO2S. The molecule has 28 heavy (non-hydrogen) atoms. The van der Waals surface area contributed by atoms with Crippen molar-refractivity contribution in [3.63, 3.8) is 0 Å². The molecule has 3 nitrogen and oxygen atoms in total. The monoisotopic (exact) mass is 409 g/mol. The number of hydrogen-bond acceptors (Lipinski definition) is 3. The maximum Gasteiger partial charge on any atom is 0.272 e. The van der Waals surface area contributed by atoms with Gasteiger partial charge in [-0.2, -0.15) is 0 Å². The lowest BCUT2D eigenvalue weighted by Crippen LogP contribution is -2.31. The van der Waals surface area contributed by atoms with Gasteiger partial charge in [-0.05, 0) is 54.1 Å². The van der Waals surface area contributed by atoms with Gasteiger partial charge < -0.3 is 0 Å². The summed E-state index contributed by atoms with van der Waals surface area (Å²) in [4.78, 5) is 28.6. The number of amides is 2. The van der Waals surface area contributed by atoms with Crippen molar-refractivity contribution in [3.05, 3.63) is 100 Å². The largest absolute Gasteiger partial charge is 0.272 e. The lowest BCUT2D eigenvalue weighted by molar-refractivity contribution is -0.119. The van der Waals surface area contributed by atoms with E-state index >= 15 is 0 Å². The van der Waals surface area contributed by atoms with E-state index in [2.05, 4.69) is 0 Å². The van der Waals surface area contributed by atoms with Crippen molar-refractivity contribution < 1.29 is 14.0 Å². The van der Waals surface area contributed by atoms with Crippen LogP contribution in [0.15, 0.2) is 88.7 Å². The maximum atomic E-state index is 13.3. The van der Waals surface area contributed by atoms with Crippen molar-refractivity contribution in [2.24, 2.45) is 0 Å². The fourth-order valence-electron chi connectivity index (χ4n) is 2.91. The first-order chi connectivity index (χ1) is 13.5. The highest BCUT2D eigenvalue weighted by molar-refractivity contribution is 8.04.